The number of carbonyl (C=O) groups is 1. The van der Waals surface area contributed by atoms with Gasteiger partial charge in [0.2, 0.25) is 0 Å². The molecule has 0 atom stereocenters. The number of unbranched alkanes of at least 4 members (excludes halogenated alkanes) is 1. The van der Waals surface area contributed by atoms with E-state index in [9.17, 15) is 4.79 Å². The van der Waals surface area contributed by atoms with Crippen molar-refractivity contribution in [1.29, 1.82) is 0 Å². The van der Waals surface area contributed by atoms with Crippen LogP contribution < -0.4 is 5.32 Å². The van der Waals surface area contributed by atoms with Gasteiger partial charge >= 0.3 is 0 Å². The monoisotopic (exact) mass is 492 g/mol. The molecule has 6 rings (SSSR count). The predicted octanol–water partition coefficient (Wildman–Crippen LogP) is 3.58. The maximum atomic E-state index is 12.4. The third kappa shape index (κ3) is 5.30. The lowest BCUT2D eigenvalue weighted by atomic mass is 9.96. The van der Waals surface area contributed by atoms with Crippen LogP contribution >= 0.6 is 0 Å². The first-order valence-corrected chi connectivity index (χ1v) is 12.8. The molecule has 1 N–H and O–H groups in total. The number of amides is 1. The minimum absolute atomic E-state index is 0.256. The van der Waals surface area contributed by atoms with E-state index in [0.717, 1.165) is 42.8 Å². The number of allylic oxidation sites excluding steroid dienone is 1. The molecule has 1 fully saturated rings. The van der Waals surface area contributed by atoms with Gasteiger partial charge in [-0.05, 0) is 79.5 Å². The van der Waals surface area contributed by atoms with E-state index < -0.39 is 0 Å². The van der Waals surface area contributed by atoms with Gasteiger partial charge in [-0.2, -0.15) is 10.2 Å². The quantitative estimate of drug-likeness (QED) is 0.337. The van der Waals surface area contributed by atoms with Crippen molar-refractivity contribution in [3.05, 3.63) is 101 Å². The van der Waals surface area contributed by atoms with E-state index in [4.69, 9.17) is 0 Å². The van der Waals surface area contributed by atoms with E-state index in [1.165, 1.54) is 35.1 Å². The fourth-order valence-electron chi connectivity index (χ4n) is 4.86. The number of carbonyl (C=O) groups excluding carboxylic acids is 1. The molecule has 4 heterocycles. The largest absolute Gasteiger partial charge is 0.345 e. The summed E-state index contributed by atoms with van der Waals surface area (Å²) in [6.45, 7) is 1.04. The molecule has 4 aromatic heterocycles. The van der Waals surface area contributed by atoms with Crippen LogP contribution in [0.5, 0.6) is 0 Å². The molecule has 1 amide bonds. The molecule has 0 aromatic carbocycles. The average molecular weight is 493 g/mol. The molecule has 0 aliphatic heterocycles. The van der Waals surface area contributed by atoms with Crippen LogP contribution in [0.2, 0.25) is 0 Å². The number of aryl methyl sites for hydroxylation is 2. The zero-order valence-electron chi connectivity index (χ0n) is 20.5. The van der Waals surface area contributed by atoms with Crippen molar-refractivity contribution < 1.29 is 4.79 Å². The lowest BCUT2D eigenvalue weighted by molar-refractivity contribution is 0.0945. The summed E-state index contributed by atoms with van der Waals surface area (Å²) in [4.78, 5) is 20.8. The second-order valence-electron chi connectivity index (χ2n) is 9.61. The van der Waals surface area contributed by atoms with Gasteiger partial charge in [-0.1, -0.05) is 16.9 Å². The molecule has 2 aliphatic rings. The van der Waals surface area contributed by atoms with Gasteiger partial charge in [0.15, 0.2) is 5.69 Å². The highest BCUT2D eigenvalue weighted by atomic mass is 16.2. The van der Waals surface area contributed by atoms with E-state index in [-0.39, 0.29) is 5.91 Å². The Morgan fingerprint density at radius 2 is 1.89 bits per heavy atom. The first-order valence-electron chi connectivity index (χ1n) is 12.8. The summed E-state index contributed by atoms with van der Waals surface area (Å²) in [5.74, 6) is 0.430. The van der Waals surface area contributed by atoms with Crippen LogP contribution in [0.15, 0.2) is 66.8 Å². The van der Waals surface area contributed by atoms with Crippen molar-refractivity contribution in [2.45, 2.75) is 51.6 Å². The molecule has 186 valence electrons. The SMILES string of the molecule is O=C(NCc1ccccn1)c1cn(CCCCc2cc3c(nn2)CC(C2CC2)=C3c2ccncc2)nn1. The van der Waals surface area contributed by atoms with Crippen LogP contribution in [0.1, 0.15) is 64.4 Å². The normalized spacial score (nSPS) is 14.6. The van der Waals surface area contributed by atoms with Crippen molar-refractivity contribution >= 4 is 11.5 Å². The summed E-state index contributed by atoms with van der Waals surface area (Å²) in [5.41, 5.74) is 8.51. The second kappa shape index (κ2) is 10.4. The van der Waals surface area contributed by atoms with Crippen molar-refractivity contribution in [2.75, 3.05) is 0 Å². The van der Waals surface area contributed by atoms with Crippen LogP contribution in [0, 0.1) is 5.92 Å². The molecule has 0 spiro atoms. The van der Waals surface area contributed by atoms with Gasteiger partial charge in [-0.15, -0.1) is 5.10 Å². The maximum Gasteiger partial charge on any atom is 0.273 e. The highest BCUT2D eigenvalue weighted by Crippen LogP contribution is 2.47. The van der Waals surface area contributed by atoms with Gasteiger partial charge in [0.1, 0.15) is 0 Å². The lowest BCUT2D eigenvalue weighted by Gasteiger charge is -2.09. The Morgan fingerprint density at radius 3 is 2.70 bits per heavy atom. The molecular weight excluding hydrogens is 464 g/mol. The average Bonchev–Trinajstić information content (AvgIpc) is 3.56. The van der Waals surface area contributed by atoms with Gasteiger partial charge < -0.3 is 5.32 Å². The Labute approximate surface area is 215 Å². The third-order valence-electron chi connectivity index (χ3n) is 6.91. The van der Waals surface area contributed by atoms with Gasteiger partial charge in [-0.25, -0.2) is 0 Å². The summed E-state index contributed by atoms with van der Waals surface area (Å²) in [5, 5.41) is 20.1. The van der Waals surface area contributed by atoms with E-state index in [1.807, 2.05) is 30.6 Å². The Morgan fingerprint density at radius 1 is 1.00 bits per heavy atom. The maximum absolute atomic E-state index is 12.4. The molecule has 0 radical (unpaired) electrons. The van der Waals surface area contributed by atoms with Crippen molar-refractivity contribution in [3.63, 3.8) is 0 Å². The van der Waals surface area contributed by atoms with Crippen LogP contribution in [0.4, 0.5) is 0 Å². The summed E-state index contributed by atoms with van der Waals surface area (Å²) in [7, 11) is 0. The van der Waals surface area contributed by atoms with E-state index in [1.54, 1.807) is 17.1 Å². The summed E-state index contributed by atoms with van der Waals surface area (Å²) >= 11 is 0. The van der Waals surface area contributed by atoms with Crippen molar-refractivity contribution in [1.82, 2.24) is 40.5 Å². The number of nitrogens with zero attached hydrogens (tertiary/aromatic N) is 7. The molecule has 2 aliphatic carbocycles. The van der Waals surface area contributed by atoms with Crippen molar-refractivity contribution in [2.24, 2.45) is 5.92 Å². The van der Waals surface area contributed by atoms with Crippen LogP contribution in [-0.4, -0.2) is 41.1 Å². The predicted molar refractivity (Wildman–Crippen MR) is 137 cm³/mol. The molecular formula is C28H28N8O. The summed E-state index contributed by atoms with van der Waals surface area (Å²) in [6, 6.07) is 12.0. The highest BCUT2D eigenvalue weighted by Gasteiger charge is 2.34. The second-order valence-corrected chi connectivity index (χ2v) is 9.61. The zero-order valence-corrected chi connectivity index (χ0v) is 20.5. The smallest absolute Gasteiger partial charge is 0.273 e. The van der Waals surface area contributed by atoms with Crippen LogP contribution in [0.25, 0.3) is 5.57 Å². The standard InChI is InChI=1S/C28H28N8O/c37-28(31-17-22-6-1-3-11-30-22)26-18-36(35-34-26)14-4-2-5-21-15-24-25(33-32-21)16-23(19-7-8-19)27(24)20-9-12-29-13-10-20/h1,3,6,9-13,15,18-19H,2,4-5,7-8,14,16-17H2,(H,31,37). The number of hydrogen-bond donors (Lipinski definition) is 1. The van der Waals surface area contributed by atoms with Gasteiger partial charge in [0, 0.05) is 37.1 Å². The number of nitrogens with one attached hydrogen (secondary N) is 1. The molecule has 0 saturated heterocycles. The Balaban J connectivity index is 1.04. The molecule has 9 nitrogen and oxygen atoms in total. The highest BCUT2D eigenvalue weighted by molar-refractivity contribution is 5.91. The fourth-order valence-corrected chi connectivity index (χ4v) is 4.86. The first kappa shape index (κ1) is 23.1. The molecule has 1 saturated carbocycles. The Hall–Kier alpha value is -4.27. The molecule has 0 bridgehead atoms. The number of fused-ring (bicyclic) bond motifs is 1. The molecule has 0 unspecified atom stereocenters. The Bertz CT molecular complexity index is 1430. The minimum atomic E-state index is -0.256. The zero-order chi connectivity index (χ0) is 25.0. The third-order valence-corrected chi connectivity index (χ3v) is 6.91. The number of pyridine rings is 2. The minimum Gasteiger partial charge on any atom is -0.345 e. The van der Waals surface area contributed by atoms with E-state index >= 15 is 0 Å². The number of hydrogen-bond acceptors (Lipinski definition) is 7. The Kier molecular flexibility index (Phi) is 6.49. The van der Waals surface area contributed by atoms with Gasteiger partial charge in [0.25, 0.3) is 5.91 Å². The summed E-state index contributed by atoms with van der Waals surface area (Å²) < 4.78 is 1.72. The number of rotatable bonds is 10. The number of aromatic nitrogens is 7. The van der Waals surface area contributed by atoms with E-state index in [2.05, 4.69) is 54.0 Å². The van der Waals surface area contributed by atoms with Crippen LogP contribution in [0.3, 0.4) is 0 Å². The molecule has 9 heteroatoms. The first-order chi connectivity index (χ1) is 18.2. The van der Waals surface area contributed by atoms with Gasteiger partial charge in [-0.3, -0.25) is 19.4 Å². The van der Waals surface area contributed by atoms with Crippen molar-refractivity contribution in [3.8, 4) is 0 Å². The van der Waals surface area contributed by atoms with Crippen LogP contribution in [-0.2, 0) is 25.9 Å². The van der Waals surface area contributed by atoms with E-state index in [0.29, 0.717) is 24.7 Å². The topological polar surface area (TPSA) is 111 Å². The summed E-state index contributed by atoms with van der Waals surface area (Å²) in [6.07, 6.45) is 13.3. The molecule has 4 aromatic rings. The molecule has 37 heavy (non-hydrogen) atoms. The van der Waals surface area contributed by atoms with Gasteiger partial charge in [0.05, 0.1) is 29.8 Å². The lowest BCUT2D eigenvalue weighted by Crippen LogP contribution is -2.23. The fraction of sp³-hybridized carbons (Fsp3) is 0.321.